The van der Waals surface area contributed by atoms with Crippen LogP contribution in [0.15, 0.2) is 18.5 Å². The average Bonchev–Trinajstić information content (AvgIpc) is 2.56. The third-order valence-corrected chi connectivity index (χ3v) is 2.85. The number of hydrogen-bond acceptors (Lipinski definition) is 3. The van der Waals surface area contributed by atoms with E-state index in [2.05, 4.69) is 22.9 Å². The zero-order chi connectivity index (χ0) is 9.97. The monoisotopic (exact) mass is 191 g/mol. The van der Waals surface area contributed by atoms with Gasteiger partial charge in [-0.3, -0.25) is 9.88 Å². The van der Waals surface area contributed by atoms with E-state index < -0.39 is 0 Å². The van der Waals surface area contributed by atoms with Gasteiger partial charge in [-0.15, -0.1) is 0 Å². The van der Waals surface area contributed by atoms with Crippen molar-refractivity contribution in [2.24, 2.45) is 5.73 Å². The predicted molar refractivity (Wildman–Crippen MR) is 56.8 cm³/mol. The summed E-state index contributed by atoms with van der Waals surface area (Å²) in [6.07, 6.45) is 4.92. The maximum absolute atomic E-state index is 5.86. The zero-order valence-electron chi connectivity index (χ0n) is 8.61. The first-order valence-corrected chi connectivity index (χ1v) is 5.13. The van der Waals surface area contributed by atoms with Crippen LogP contribution in [0.3, 0.4) is 0 Å². The van der Waals surface area contributed by atoms with Gasteiger partial charge in [0.05, 0.1) is 0 Å². The summed E-state index contributed by atoms with van der Waals surface area (Å²) >= 11 is 0. The molecule has 76 valence electrons. The van der Waals surface area contributed by atoms with Gasteiger partial charge in [0, 0.05) is 38.1 Å². The molecule has 2 N–H and O–H groups in total. The molecule has 1 atom stereocenters. The summed E-state index contributed by atoms with van der Waals surface area (Å²) in [5, 5.41) is 0. The molecule has 1 aliphatic rings. The molecular formula is C11H17N3. The topological polar surface area (TPSA) is 42.2 Å². The number of rotatable bonds is 2. The number of pyridine rings is 1. The minimum atomic E-state index is 0.368. The van der Waals surface area contributed by atoms with Crippen molar-refractivity contribution in [3.63, 3.8) is 0 Å². The van der Waals surface area contributed by atoms with Gasteiger partial charge in [0.1, 0.15) is 0 Å². The highest BCUT2D eigenvalue weighted by Crippen LogP contribution is 2.13. The second-order valence-corrected chi connectivity index (χ2v) is 4.09. The Morgan fingerprint density at radius 3 is 3.14 bits per heavy atom. The molecule has 2 rings (SSSR count). The second kappa shape index (κ2) is 4.07. The third kappa shape index (κ3) is 2.11. The van der Waals surface area contributed by atoms with Gasteiger partial charge in [-0.2, -0.15) is 0 Å². The van der Waals surface area contributed by atoms with Crippen molar-refractivity contribution >= 4 is 0 Å². The molecule has 3 nitrogen and oxygen atoms in total. The molecule has 1 unspecified atom stereocenters. The minimum absolute atomic E-state index is 0.368. The maximum Gasteiger partial charge on any atom is 0.0315 e. The van der Waals surface area contributed by atoms with E-state index in [0.29, 0.717) is 6.04 Å². The number of aromatic nitrogens is 1. The smallest absolute Gasteiger partial charge is 0.0315 e. The predicted octanol–water partition coefficient (Wildman–Crippen LogP) is 0.923. The zero-order valence-corrected chi connectivity index (χ0v) is 8.61. The summed E-state index contributed by atoms with van der Waals surface area (Å²) in [4.78, 5) is 6.55. The van der Waals surface area contributed by atoms with E-state index in [1.165, 1.54) is 11.1 Å². The van der Waals surface area contributed by atoms with Crippen LogP contribution < -0.4 is 5.73 Å². The number of aryl methyl sites for hydroxylation is 1. The molecule has 14 heavy (non-hydrogen) atoms. The van der Waals surface area contributed by atoms with Crippen LogP contribution in [0.2, 0.25) is 0 Å². The summed E-state index contributed by atoms with van der Waals surface area (Å²) in [5.41, 5.74) is 8.50. The number of likely N-dealkylation sites (tertiary alicyclic amines) is 1. The van der Waals surface area contributed by atoms with Crippen molar-refractivity contribution < 1.29 is 0 Å². The van der Waals surface area contributed by atoms with E-state index in [1.807, 2.05) is 12.4 Å². The molecule has 0 aliphatic carbocycles. The van der Waals surface area contributed by atoms with Crippen molar-refractivity contribution in [2.45, 2.75) is 25.9 Å². The van der Waals surface area contributed by atoms with Crippen molar-refractivity contribution in [3.05, 3.63) is 29.6 Å². The Balaban J connectivity index is 2.01. The van der Waals surface area contributed by atoms with E-state index in [9.17, 15) is 0 Å². The summed E-state index contributed by atoms with van der Waals surface area (Å²) in [7, 11) is 0. The Bertz CT molecular complexity index is 311. The van der Waals surface area contributed by atoms with Crippen LogP contribution in [-0.4, -0.2) is 29.0 Å². The fourth-order valence-corrected chi connectivity index (χ4v) is 1.91. The Kier molecular flexibility index (Phi) is 2.79. The van der Waals surface area contributed by atoms with Gasteiger partial charge < -0.3 is 5.73 Å². The molecule has 0 amide bonds. The number of hydrogen-bond donors (Lipinski definition) is 1. The molecular weight excluding hydrogens is 174 g/mol. The van der Waals surface area contributed by atoms with Crippen LogP contribution in [0.1, 0.15) is 17.5 Å². The van der Waals surface area contributed by atoms with E-state index >= 15 is 0 Å². The third-order valence-electron chi connectivity index (χ3n) is 2.85. The highest BCUT2D eigenvalue weighted by molar-refractivity contribution is 5.21. The van der Waals surface area contributed by atoms with Gasteiger partial charge in [-0.05, 0) is 30.5 Å². The maximum atomic E-state index is 5.86. The van der Waals surface area contributed by atoms with Crippen molar-refractivity contribution in [3.8, 4) is 0 Å². The lowest BCUT2D eigenvalue weighted by molar-refractivity contribution is 0.326. The number of nitrogens with two attached hydrogens (primary N) is 1. The molecule has 1 aromatic heterocycles. The lowest BCUT2D eigenvalue weighted by atomic mass is 10.1. The highest BCUT2D eigenvalue weighted by atomic mass is 15.2. The normalized spacial score (nSPS) is 22.9. The van der Waals surface area contributed by atoms with E-state index in [4.69, 9.17) is 5.73 Å². The van der Waals surface area contributed by atoms with Crippen molar-refractivity contribution in [1.29, 1.82) is 0 Å². The summed E-state index contributed by atoms with van der Waals surface area (Å²) < 4.78 is 0. The first kappa shape index (κ1) is 9.62. The minimum Gasteiger partial charge on any atom is -0.326 e. The fraction of sp³-hybridized carbons (Fsp3) is 0.545. The quantitative estimate of drug-likeness (QED) is 0.756. The van der Waals surface area contributed by atoms with E-state index in [1.54, 1.807) is 0 Å². The van der Waals surface area contributed by atoms with Crippen LogP contribution in [0, 0.1) is 6.92 Å². The Morgan fingerprint density at radius 1 is 1.64 bits per heavy atom. The molecule has 1 fully saturated rings. The summed E-state index contributed by atoms with van der Waals surface area (Å²) in [5.74, 6) is 0. The Morgan fingerprint density at radius 2 is 2.50 bits per heavy atom. The Labute approximate surface area is 84.9 Å². The standard InChI is InChI=1S/C11H17N3/c1-9-2-4-13-6-10(9)7-14-5-3-11(12)8-14/h2,4,6,11H,3,5,7-8,12H2,1H3. The molecule has 0 radical (unpaired) electrons. The first-order chi connectivity index (χ1) is 6.75. The molecule has 1 aromatic rings. The summed E-state index contributed by atoms with van der Waals surface area (Å²) in [6.45, 7) is 5.27. The van der Waals surface area contributed by atoms with Gasteiger partial charge in [-0.1, -0.05) is 0 Å². The fourth-order valence-electron chi connectivity index (χ4n) is 1.91. The molecule has 0 bridgehead atoms. The van der Waals surface area contributed by atoms with E-state index in [0.717, 1.165) is 26.1 Å². The van der Waals surface area contributed by atoms with Gasteiger partial charge in [0.25, 0.3) is 0 Å². The van der Waals surface area contributed by atoms with Gasteiger partial charge in [-0.25, -0.2) is 0 Å². The molecule has 0 saturated carbocycles. The molecule has 2 heterocycles. The van der Waals surface area contributed by atoms with Crippen LogP contribution in [0.25, 0.3) is 0 Å². The SMILES string of the molecule is Cc1ccncc1CN1CCC(N)C1. The molecule has 1 saturated heterocycles. The summed E-state index contributed by atoms with van der Waals surface area (Å²) in [6, 6.07) is 2.43. The molecule has 1 aliphatic heterocycles. The van der Waals surface area contributed by atoms with Gasteiger partial charge in [0.15, 0.2) is 0 Å². The highest BCUT2D eigenvalue weighted by Gasteiger charge is 2.19. The number of nitrogens with zero attached hydrogens (tertiary/aromatic N) is 2. The lowest BCUT2D eigenvalue weighted by Crippen LogP contribution is -2.26. The first-order valence-electron chi connectivity index (χ1n) is 5.13. The molecule has 3 heteroatoms. The van der Waals surface area contributed by atoms with Crippen molar-refractivity contribution in [2.75, 3.05) is 13.1 Å². The van der Waals surface area contributed by atoms with Crippen molar-refractivity contribution in [1.82, 2.24) is 9.88 Å². The molecule has 0 spiro atoms. The molecule has 0 aromatic carbocycles. The van der Waals surface area contributed by atoms with Gasteiger partial charge in [0.2, 0.25) is 0 Å². The lowest BCUT2D eigenvalue weighted by Gasteiger charge is -2.16. The second-order valence-electron chi connectivity index (χ2n) is 4.09. The Hall–Kier alpha value is -0.930. The van der Waals surface area contributed by atoms with E-state index in [-0.39, 0.29) is 0 Å². The van der Waals surface area contributed by atoms with Crippen LogP contribution in [-0.2, 0) is 6.54 Å². The van der Waals surface area contributed by atoms with Gasteiger partial charge >= 0.3 is 0 Å². The van der Waals surface area contributed by atoms with Crippen LogP contribution in [0.4, 0.5) is 0 Å². The average molecular weight is 191 g/mol. The van der Waals surface area contributed by atoms with Crippen LogP contribution >= 0.6 is 0 Å². The largest absolute Gasteiger partial charge is 0.326 e. The van der Waals surface area contributed by atoms with Crippen LogP contribution in [0.5, 0.6) is 0 Å².